The minimum Gasteiger partial charge on any atom is -0.391 e. The molecule has 0 bridgehead atoms. The molecule has 0 aromatic carbocycles. The molecule has 0 aliphatic carbocycles. The van der Waals surface area contributed by atoms with Crippen LogP contribution in [0, 0.1) is 0 Å². The molecule has 0 fully saturated rings. The molecule has 0 saturated heterocycles. The average Bonchev–Trinajstić information content (AvgIpc) is 3.47. The lowest BCUT2D eigenvalue weighted by Crippen LogP contribution is -2.46. The van der Waals surface area contributed by atoms with Gasteiger partial charge < -0.3 is 19.8 Å². The van der Waals surface area contributed by atoms with Crippen molar-refractivity contribution in [3.05, 3.63) is 122 Å². The van der Waals surface area contributed by atoms with Gasteiger partial charge in [-0.05, 0) is 89.9 Å². The number of allylic oxidation sites excluding steroid dienone is 20. The summed E-state index contributed by atoms with van der Waals surface area (Å²) in [5.74, 6) is -0.188. The Hall–Kier alpha value is -3.10. The lowest BCUT2D eigenvalue weighted by atomic mass is 10.0. The van der Waals surface area contributed by atoms with Crippen molar-refractivity contribution in [3.63, 3.8) is 0 Å². The molecule has 0 radical (unpaired) electrons. The molecule has 9 heteroatoms. The van der Waals surface area contributed by atoms with E-state index in [0.29, 0.717) is 30.3 Å². The fourth-order valence-electron chi connectivity index (χ4n) is 9.49. The summed E-state index contributed by atoms with van der Waals surface area (Å²) in [6.45, 7) is 4.76. The molecule has 0 rings (SSSR count). The standard InChI is InChI=1S/C73H129N2O6P/c1-6-8-10-12-14-16-18-20-22-24-26-28-30-32-34-35-36-37-38-39-41-43-45-47-49-51-53-55-57-59-61-63-65-67-73(77)74-71(70-81-82(78,79)80-69-68-75(3,4)5)72(76)66-64-62-60-58-56-54-52-50-48-46-44-42-40-33-31-29-27-25-23-21-19-17-15-13-11-9-7-2/h8,10,14,16,20,22,26,28,32,34,36-37,39,41,45,47,51,53,57,59,71-72,76H,6-7,9,11-13,15,17-19,21,23-25,27,29-31,33,35,38,40,42-44,46,48-50,52,54-56,58,60-70H2,1-5H3,(H-,74,77,78,79)/p+1/b10-8-,16-14-,22-20-,28-26-,34-32-,37-36-,41-39-,47-45-,53-51-,59-57-. The fraction of sp³-hybridized carbons (Fsp3) is 0.712. The topological polar surface area (TPSA) is 105 Å². The molecule has 8 nitrogen and oxygen atoms in total. The van der Waals surface area contributed by atoms with Crippen LogP contribution in [0.1, 0.15) is 284 Å². The van der Waals surface area contributed by atoms with Crippen molar-refractivity contribution >= 4 is 13.7 Å². The smallest absolute Gasteiger partial charge is 0.391 e. The lowest BCUT2D eigenvalue weighted by molar-refractivity contribution is -0.870. The van der Waals surface area contributed by atoms with Crippen LogP contribution in [0.5, 0.6) is 0 Å². The van der Waals surface area contributed by atoms with Gasteiger partial charge in [0.1, 0.15) is 13.2 Å². The second-order valence-corrected chi connectivity index (χ2v) is 25.3. The maximum atomic E-state index is 13.0. The summed E-state index contributed by atoms with van der Waals surface area (Å²) in [6.07, 6.45) is 92.9. The number of phosphoric acid groups is 1. The highest BCUT2D eigenvalue weighted by molar-refractivity contribution is 7.47. The highest BCUT2D eigenvalue weighted by atomic mass is 31.2. The zero-order chi connectivity index (χ0) is 59.8. The van der Waals surface area contributed by atoms with Crippen LogP contribution < -0.4 is 5.32 Å². The largest absolute Gasteiger partial charge is 0.472 e. The van der Waals surface area contributed by atoms with E-state index in [1.165, 1.54) is 154 Å². The van der Waals surface area contributed by atoms with Crippen LogP contribution >= 0.6 is 7.82 Å². The summed E-state index contributed by atoms with van der Waals surface area (Å²) in [7, 11) is 1.58. The highest BCUT2D eigenvalue weighted by Gasteiger charge is 2.28. The van der Waals surface area contributed by atoms with E-state index in [4.69, 9.17) is 9.05 Å². The van der Waals surface area contributed by atoms with Crippen LogP contribution in [0.15, 0.2) is 122 Å². The summed E-state index contributed by atoms with van der Waals surface area (Å²) in [5.41, 5.74) is 0. The van der Waals surface area contributed by atoms with E-state index >= 15 is 0 Å². The van der Waals surface area contributed by atoms with Gasteiger partial charge >= 0.3 is 7.82 Å². The molecule has 82 heavy (non-hydrogen) atoms. The van der Waals surface area contributed by atoms with Crippen molar-refractivity contribution in [3.8, 4) is 0 Å². The first-order valence-electron chi connectivity index (χ1n) is 33.9. The number of likely N-dealkylation sites (N-methyl/N-ethyl adjacent to an activating group) is 1. The van der Waals surface area contributed by atoms with Gasteiger partial charge in [0.2, 0.25) is 5.91 Å². The number of aliphatic hydroxyl groups excluding tert-OH is 1. The van der Waals surface area contributed by atoms with Crippen molar-refractivity contribution in [2.75, 3.05) is 40.9 Å². The molecule has 0 aliphatic heterocycles. The van der Waals surface area contributed by atoms with Crippen molar-refractivity contribution in [1.82, 2.24) is 5.32 Å². The molecule has 1 amide bonds. The summed E-state index contributed by atoms with van der Waals surface area (Å²) in [4.78, 5) is 23.4. The van der Waals surface area contributed by atoms with E-state index < -0.39 is 20.0 Å². The van der Waals surface area contributed by atoms with E-state index in [-0.39, 0.29) is 19.1 Å². The predicted molar refractivity (Wildman–Crippen MR) is 359 cm³/mol. The number of carbonyl (C=O) groups excluding carboxylic acids is 1. The quantitative estimate of drug-likeness (QED) is 0.0243. The molecular weight excluding hydrogens is 1030 g/mol. The Morgan fingerprint density at radius 1 is 0.427 bits per heavy atom. The number of nitrogens with zero attached hydrogens (tertiary/aromatic N) is 1. The van der Waals surface area contributed by atoms with Crippen molar-refractivity contribution in [1.29, 1.82) is 0 Å². The number of nitrogens with one attached hydrogen (secondary N) is 1. The molecule has 3 atom stereocenters. The average molecular weight is 1160 g/mol. The third-order valence-electron chi connectivity index (χ3n) is 14.7. The Bertz CT molecular complexity index is 1750. The lowest BCUT2D eigenvalue weighted by Gasteiger charge is -2.26. The van der Waals surface area contributed by atoms with Gasteiger partial charge in [0.05, 0.1) is 39.9 Å². The molecule has 3 unspecified atom stereocenters. The molecule has 0 aromatic rings. The second-order valence-electron chi connectivity index (χ2n) is 23.8. The van der Waals surface area contributed by atoms with E-state index in [1.807, 2.05) is 21.1 Å². The van der Waals surface area contributed by atoms with Crippen LogP contribution in [0.3, 0.4) is 0 Å². The van der Waals surface area contributed by atoms with Gasteiger partial charge in [0.15, 0.2) is 0 Å². The second kappa shape index (κ2) is 62.4. The Balaban J connectivity index is 4.21. The van der Waals surface area contributed by atoms with Gasteiger partial charge in [-0.1, -0.05) is 309 Å². The van der Waals surface area contributed by atoms with Crippen molar-refractivity contribution in [2.45, 2.75) is 296 Å². The minimum absolute atomic E-state index is 0.0598. The zero-order valence-corrected chi connectivity index (χ0v) is 54.8. The number of carbonyl (C=O) groups is 1. The molecular formula is C73H130N2O6P+. The number of hydrogen-bond donors (Lipinski definition) is 3. The van der Waals surface area contributed by atoms with Gasteiger partial charge in [0, 0.05) is 6.42 Å². The minimum atomic E-state index is -4.35. The van der Waals surface area contributed by atoms with Crippen LogP contribution in [-0.2, 0) is 18.4 Å². The third-order valence-corrected chi connectivity index (χ3v) is 15.7. The van der Waals surface area contributed by atoms with Crippen molar-refractivity contribution < 1.29 is 32.9 Å². The van der Waals surface area contributed by atoms with Gasteiger partial charge in [-0.25, -0.2) is 4.57 Å². The molecule has 0 heterocycles. The van der Waals surface area contributed by atoms with E-state index in [1.54, 1.807) is 0 Å². The number of rotatable bonds is 61. The molecule has 0 aliphatic rings. The Morgan fingerprint density at radius 2 is 0.732 bits per heavy atom. The number of hydrogen-bond acceptors (Lipinski definition) is 5. The number of aliphatic hydroxyl groups is 1. The first kappa shape index (κ1) is 78.9. The van der Waals surface area contributed by atoms with Crippen LogP contribution in [0.25, 0.3) is 0 Å². The predicted octanol–water partition coefficient (Wildman–Crippen LogP) is 21.7. The molecule has 0 spiro atoms. The Kier molecular flexibility index (Phi) is 60.1. The maximum absolute atomic E-state index is 13.0. The summed E-state index contributed by atoms with van der Waals surface area (Å²) in [5, 5.41) is 14.1. The highest BCUT2D eigenvalue weighted by Crippen LogP contribution is 2.43. The monoisotopic (exact) mass is 1160 g/mol. The third kappa shape index (κ3) is 64.5. The summed E-state index contributed by atoms with van der Waals surface area (Å²) in [6, 6.07) is -0.795. The first-order chi connectivity index (χ1) is 40.0. The van der Waals surface area contributed by atoms with Crippen LogP contribution in [0.4, 0.5) is 0 Å². The molecule has 3 N–H and O–H groups in total. The van der Waals surface area contributed by atoms with E-state index in [2.05, 4.69) is 141 Å². The van der Waals surface area contributed by atoms with E-state index in [9.17, 15) is 19.4 Å². The molecule has 472 valence electrons. The SMILES string of the molecule is CC/C=C\C/C=C\C/C=C\C/C=C\C/C=C\C/C=C\C/C=C\C/C=C\C/C=C\C/C=C\CCCCC(=O)NC(COP(=O)(O)OCC[N+](C)(C)C)C(O)CCCCCCCCCCCCCCCCCCCCCCCCCCCCC. The van der Waals surface area contributed by atoms with Crippen LogP contribution in [-0.4, -0.2) is 73.4 Å². The normalized spacial score (nSPS) is 14.5. The summed E-state index contributed by atoms with van der Waals surface area (Å²) >= 11 is 0. The fourth-order valence-corrected chi connectivity index (χ4v) is 10.2. The van der Waals surface area contributed by atoms with Gasteiger partial charge in [-0.15, -0.1) is 0 Å². The van der Waals surface area contributed by atoms with Crippen LogP contribution in [0.2, 0.25) is 0 Å². The first-order valence-corrected chi connectivity index (χ1v) is 35.4. The van der Waals surface area contributed by atoms with Gasteiger partial charge in [-0.2, -0.15) is 0 Å². The van der Waals surface area contributed by atoms with Gasteiger partial charge in [0.25, 0.3) is 0 Å². The Morgan fingerprint density at radius 3 is 1.05 bits per heavy atom. The van der Waals surface area contributed by atoms with E-state index in [0.717, 1.165) is 96.3 Å². The van der Waals surface area contributed by atoms with Gasteiger partial charge in [-0.3, -0.25) is 13.8 Å². The summed E-state index contributed by atoms with van der Waals surface area (Å²) < 4.78 is 23.8. The zero-order valence-electron chi connectivity index (χ0n) is 53.9. The number of unbranched alkanes of at least 4 members (excludes halogenated alkanes) is 28. The molecule has 0 saturated carbocycles. The van der Waals surface area contributed by atoms with Crippen molar-refractivity contribution in [2.24, 2.45) is 0 Å². The Labute approximate surface area is 507 Å². The number of amides is 1. The molecule has 0 aromatic heterocycles. The number of phosphoric ester groups is 1. The maximum Gasteiger partial charge on any atom is 0.472 e. The number of quaternary nitrogens is 1.